The van der Waals surface area contributed by atoms with Crippen molar-refractivity contribution in [3.63, 3.8) is 0 Å². The van der Waals surface area contributed by atoms with Gasteiger partial charge in [0, 0.05) is 73.5 Å². The van der Waals surface area contributed by atoms with Gasteiger partial charge in [0.05, 0.1) is 0 Å². The van der Waals surface area contributed by atoms with E-state index in [0.29, 0.717) is 18.7 Å². The molecule has 31 heavy (non-hydrogen) atoms. The molecule has 4 heterocycles. The third-order valence-corrected chi connectivity index (χ3v) is 6.52. The lowest BCUT2D eigenvalue weighted by molar-refractivity contribution is -0.135. The van der Waals surface area contributed by atoms with E-state index in [2.05, 4.69) is 20.2 Å². The minimum Gasteiger partial charge on any atom is -0.371 e. The van der Waals surface area contributed by atoms with Crippen LogP contribution in [-0.4, -0.2) is 58.9 Å². The van der Waals surface area contributed by atoms with Gasteiger partial charge < -0.3 is 20.1 Å². The van der Waals surface area contributed by atoms with Gasteiger partial charge >= 0.3 is 0 Å². The van der Waals surface area contributed by atoms with Gasteiger partial charge in [-0.2, -0.15) is 0 Å². The number of carbonyl (C=O) groups is 2. The van der Waals surface area contributed by atoms with Crippen LogP contribution in [-0.2, 0) is 4.79 Å². The molecule has 0 aliphatic carbocycles. The summed E-state index contributed by atoms with van der Waals surface area (Å²) in [7, 11) is 0. The van der Waals surface area contributed by atoms with E-state index in [9.17, 15) is 9.59 Å². The lowest BCUT2D eigenvalue weighted by Crippen LogP contribution is -2.43. The summed E-state index contributed by atoms with van der Waals surface area (Å²) < 4.78 is 0. The Hall–Kier alpha value is -3.35. The summed E-state index contributed by atoms with van der Waals surface area (Å²) in [4.78, 5) is 37.2. The average Bonchev–Trinajstić information content (AvgIpc) is 3.48. The van der Waals surface area contributed by atoms with E-state index < -0.39 is 0 Å². The van der Waals surface area contributed by atoms with E-state index in [1.165, 1.54) is 5.69 Å². The molecule has 2 aliphatic rings. The number of pyridine rings is 1. The van der Waals surface area contributed by atoms with Crippen LogP contribution in [0.1, 0.15) is 29.6 Å². The fourth-order valence-electron chi connectivity index (χ4n) is 4.73. The van der Waals surface area contributed by atoms with Crippen LogP contribution in [0.3, 0.4) is 0 Å². The Balaban J connectivity index is 1.13. The summed E-state index contributed by atoms with van der Waals surface area (Å²) in [6.07, 6.45) is 8.02. The van der Waals surface area contributed by atoms with E-state index in [1.54, 1.807) is 12.4 Å². The topological polar surface area (TPSA) is 81.3 Å². The molecule has 2 aliphatic heterocycles. The fraction of sp³-hybridized carbons (Fsp3) is 0.375. The lowest BCUT2D eigenvalue weighted by Gasteiger charge is -2.34. The number of fused-ring (bicyclic) bond motifs is 1. The summed E-state index contributed by atoms with van der Waals surface area (Å²) in [6.45, 7) is 3.08. The maximum atomic E-state index is 13.0. The molecular formula is C24H27N5O2. The van der Waals surface area contributed by atoms with Crippen molar-refractivity contribution in [3.05, 3.63) is 60.6 Å². The minimum absolute atomic E-state index is 0.00713. The smallest absolute Gasteiger partial charge is 0.251 e. The predicted octanol–water partition coefficient (Wildman–Crippen LogP) is 2.81. The number of H-pyrrole nitrogens is 1. The van der Waals surface area contributed by atoms with Crippen molar-refractivity contribution in [2.75, 3.05) is 31.1 Å². The quantitative estimate of drug-likeness (QED) is 0.684. The fourth-order valence-corrected chi connectivity index (χ4v) is 4.73. The first-order valence-electron chi connectivity index (χ1n) is 11.0. The predicted molar refractivity (Wildman–Crippen MR) is 120 cm³/mol. The van der Waals surface area contributed by atoms with Gasteiger partial charge in [-0.1, -0.05) is 6.07 Å². The first kappa shape index (κ1) is 19.6. The Morgan fingerprint density at radius 2 is 1.81 bits per heavy atom. The number of carbonyl (C=O) groups excluding carboxylic acids is 2. The molecule has 3 aromatic rings. The number of amides is 2. The third kappa shape index (κ3) is 4.13. The monoisotopic (exact) mass is 417 g/mol. The highest BCUT2D eigenvalue weighted by molar-refractivity contribution is 5.98. The largest absolute Gasteiger partial charge is 0.371 e. The summed E-state index contributed by atoms with van der Waals surface area (Å²) >= 11 is 0. The number of anilines is 1. The molecule has 0 spiro atoms. The summed E-state index contributed by atoms with van der Waals surface area (Å²) in [5.41, 5.74) is 2.76. The zero-order valence-electron chi connectivity index (χ0n) is 17.5. The Morgan fingerprint density at radius 3 is 2.61 bits per heavy atom. The van der Waals surface area contributed by atoms with Crippen molar-refractivity contribution >= 4 is 28.4 Å². The third-order valence-electron chi connectivity index (χ3n) is 6.52. The molecule has 160 valence electrons. The van der Waals surface area contributed by atoms with Crippen molar-refractivity contribution < 1.29 is 9.59 Å². The van der Waals surface area contributed by atoms with Crippen LogP contribution < -0.4 is 10.2 Å². The van der Waals surface area contributed by atoms with Crippen LogP contribution in [0.5, 0.6) is 0 Å². The Bertz CT molecular complexity index is 1070. The highest BCUT2D eigenvalue weighted by Crippen LogP contribution is 2.25. The number of hydrogen-bond acceptors (Lipinski definition) is 4. The maximum Gasteiger partial charge on any atom is 0.251 e. The highest BCUT2D eigenvalue weighted by Gasteiger charge is 2.33. The normalized spacial score (nSPS) is 19.7. The molecule has 1 aromatic carbocycles. The molecule has 0 radical (unpaired) electrons. The highest BCUT2D eigenvalue weighted by atomic mass is 16.2. The number of rotatable bonds is 4. The number of aromatic nitrogens is 2. The summed E-state index contributed by atoms with van der Waals surface area (Å²) in [6, 6.07) is 11.7. The number of piperidine rings is 1. The zero-order chi connectivity index (χ0) is 21.2. The minimum atomic E-state index is -0.0820. The number of hydrogen-bond donors (Lipinski definition) is 2. The van der Waals surface area contributed by atoms with Crippen LogP contribution >= 0.6 is 0 Å². The van der Waals surface area contributed by atoms with Gasteiger partial charge in [-0.05, 0) is 55.0 Å². The molecule has 5 rings (SSSR count). The van der Waals surface area contributed by atoms with Crippen molar-refractivity contribution in [3.8, 4) is 0 Å². The lowest BCUT2D eigenvalue weighted by atomic mass is 9.95. The maximum absolute atomic E-state index is 13.0. The van der Waals surface area contributed by atoms with Gasteiger partial charge in [-0.25, -0.2) is 0 Å². The molecular weight excluding hydrogens is 390 g/mol. The van der Waals surface area contributed by atoms with Gasteiger partial charge in [-0.15, -0.1) is 0 Å². The Kier molecular flexibility index (Phi) is 5.32. The summed E-state index contributed by atoms with van der Waals surface area (Å²) in [5, 5.41) is 4.19. The van der Waals surface area contributed by atoms with Gasteiger partial charge in [0.25, 0.3) is 5.91 Å². The molecule has 7 nitrogen and oxygen atoms in total. The van der Waals surface area contributed by atoms with E-state index in [4.69, 9.17) is 0 Å². The number of benzene rings is 1. The molecule has 2 fully saturated rings. The van der Waals surface area contributed by atoms with Crippen LogP contribution in [0, 0.1) is 5.92 Å². The average molecular weight is 418 g/mol. The first-order valence-corrected chi connectivity index (χ1v) is 11.0. The molecule has 7 heteroatoms. The molecule has 1 atom stereocenters. The van der Waals surface area contributed by atoms with Crippen molar-refractivity contribution in [1.82, 2.24) is 20.2 Å². The van der Waals surface area contributed by atoms with Gasteiger partial charge in [0.2, 0.25) is 5.91 Å². The van der Waals surface area contributed by atoms with E-state index in [0.717, 1.165) is 43.3 Å². The van der Waals surface area contributed by atoms with Crippen molar-refractivity contribution in [1.29, 1.82) is 0 Å². The second kappa shape index (κ2) is 8.41. The van der Waals surface area contributed by atoms with E-state index in [-0.39, 0.29) is 23.8 Å². The molecule has 0 unspecified atom stereocenters. The molecule has 0 bridgehead atoms. The second-order valence-corrected chi connectivity index (χ2v) is 8.49. The summed E-state index contributed by atoms with van der Waals surface area (Å²) in [5.74, 6) is 0.225. The van der Waals surface area contributed by atoms with Crippen LogP contribution in [0.15, 0.2) is 55.0 Å². The number of likely N-dealkylation sites (tertiary alicyclic amines) is 1. The SMILES string of the molecule is O=C(N[C@H]1CCN(C(=O)C2CCN(c3ccncc3)CC2)C1)c1ccc2cc[nH]c2c1. The van der Waals surface area contributed by atoms with Crippen LogP contribution in [0.4, 0.5) is 5.69 Å². The molecule has 2 amide bonds. The number of nitrogens with zero attached hydrogens (tertiary/aromatic N) is 3. The van der Waals surface area contributed by atoms with E-state index >= 15 is 0 Å². The molecule has 2 N–H and O–H groups in total. The van der Waals surface area contributed by atoms with Crippen molar-refractivity contribution in [2.45, 2.75) is 25.3 Å². The van der Waals surface area contributed by atoms with Crippen molar-refractivity contribution in [2.24, 2.45) is 5.92 Å². The van der Waals surface area contributed by atoms with E-state index in [1.807, 2.05) is 47.5 Å². The molecule has 2 aromatic heterocycles. The van der Waals surface area contributed by atoms with Crippen LogP contribution in [0.25, 0.3) is 10.9 Å². The number of nitrogens with one attached hydrogen (secondary N) is 2. The molecule has 0 saturated carbocycles. The number of aromatic amines is 1. The van der Waals surface area contributed by atoms with Gasteiger partial charge in [0.1, 0.15) is 0 Å². The van der Waals surface area contributed by atoms with Gasteiger partial charge in [-0.3, -0.25) is 14.6 Å². The van der Waals surface area contributed by atoms with Gasteiger partial charge in [0.15, 0.2) is 0 Å². The Morgan fingerprint density at radius 1 is 1.00 bits per heavy atom. The zero-order valence-corrected chi connectivity index (χ0v) is 17.5. The van der Waals surface area contributed by atoms with Crippen LogP contribution in [0.2, 0.25) is 0 Å². The molecule has 2 saturated heterocycles. The second-order valence-electron chi connectivity index (χ2n) is 8.49. The Labute approximate surface area is 181 Å². The first-order chi connectivity index (χ1) is 15.2. The standard InChI is InChI=1S/C24H27N5O2/c30-23(19-2-1-17-3-11-26-22(17)15-19)27-20-8-14-29(16-20)24(31)18-6-12-28(13-7-18)21-4-9-25-10-5-21/h1-5,9-11,15,18,20,26H,6-8,12-14,16H2,(H,27,30)/t20-/m0/s1.